The predicted octanol–water partition coefficient (Wildman–Crippen LogP) is 2.43. The number of carbonyl (C=O) groups excluding carboxylic acids is 3. The van der Waals surface area contributed by atoms with Crippen LogP contribution in [0.5, 0.6) is 0 Å². The number of thiophene rings is 1. The monoisotopic (exact) mass is 392 g/mol. The number of hydrazine groups is 1. The van der Waals surface area contributed by atoms with Gasteiger partial charge in [0.25, 0.3) is 11.8 Å². The second-order valence-electron chi connectivity index (χ2n) is 6.23. The zero-order valence-corrected chi connectivity index (χ0v) is 15.5. The average molecular weight is 392 g/mol. The van der Waals surface area contributed by atoms with Gasteiger partial charge in [-0.3, -0.25) is 19.8 Å². The summed E-state index contributed by atoms with van der Waals surface area (Å²) in [5.41, 5.74) is 4.95. The lowest BCUT2D eigenvalue weighted by Crippen LogP contribution is -2.34. The molecule has 4 rings (SSSR count). The van der Waals surface area contributed by atoms with E-state index in [4.69, 9.17) is 5.84 Å². The normalized spacial score (nSPS) is 12.5. The average Bonchev–Trinajstić information content (AvgIpc) is 3.10. The van der Waals surface area contributed by atoms with Crippen molar-refractivity contribution in [1.82, 2.24) is 10.4 Å². The number of nitrogens with zero attached hydrogens (tertiary/aromatic N) is 2. The third kappa shape index (κ3) is 3.08. The minimum absolute atomic E-state index is 0.0752. The second-order valence-corrected chi connectivity index (χ2v) is 7.31. The second kappa shape index (κ2) is 7.34. The number of pyridine rings is 1. The Bertz CT molecular complexity index is 1090. The molecule has 0 bridgehead atoms. The van der Waals surface area contributed by atoms with Gasteiger partial charge in [-0.1, -0.05) is 24.3 Å². The third-order valence-corrected chi connectivity index (χ3v) is 5.70. The van der Waals surface area contributed by atoms with Gasteiger partial charge in [0, 0.05) is 17.0 Å². The molecule has 7 nitrogen and oxygen atoms in total. The quantitative estimate of drug-likeness (QED) is 0.308. The van der Waals surface area contributed by atoms with Crippen LogP contribution in [0.4, 0.5) is 5.69 Å². The van der Waals surface area contributed by atoms with Crippen LogP contribution in [0.15, 0.2) is 48.5 Å². The van der Waals surface area contributed by atoms with Gasteiger partial charge in [-0.2, -0.15) is 0 Å². The number of nitrogen functional groups attached to an aromatic ring is 1. The van der Waals surface area contributed by atoms with Gasteiger partial charge in [-0.05, 0) is 36.2 Å². The highest BCUT2D eigenvalue weighted by Gasteiger charge is 2.27. The molecule has 0 spiro atoms. The number of nitrogens with one attached hydrogen (secondary N) is 1. The molecule has 0 radical (unpaired) electrons. The van der Waals surface area contributed by atoms with Gasteiger partial charge in [0.1, 0.15) is 11.4 Å². The number of para-hydroxylation sites is 1. The van der Waals surface area contributed by atoms with Crippen LogP contribution < -0.4 is 16.2 Å². The van der Waals surface area contributed by atoms with E-state index >= 15 is 0 Å². The molecule has 3 heterocycles. The summed E-state index contributed by atoms with van der Waals surface area (Å²) in [6, 6.07) is 14.1. The molecule has 140 valence electrons. The number of rotatable bonds is 3. The molecule has 0 unspecified atom stereocenters. The van der Waals surface area contributed by atoms with Crippen molar-refractivity contribution in [2.75, 3.05) is 11.4 Å². The Labute approximate surface area is 164 Å². The van der Waals surface area contributed by atoms with Gasteiger partial charge >= 0.3 is 0 Å². The fraction of sp³-hybridized carbons (Fsp3) is 0.100. The number of amides is 2. The van der Waals surface area contributed by atoms with Crippen molar-refractivity contribution >= 4 is 35.1 Å². The maximum absolute atomic E-state index is 13.2. The summed E-state index contributed by atoms with van der Waals surface area (Å²) in [4.78, 5) is 43.6. The molecule has 0 saturated carbocycles. The van der Waals surface area contributed by atoms with Crippen LogP contribution in [0.1, 0.15) is 36.2 Å². The molecule has 3 N–H and O–H groups in total. The Balaban J connectivity index is 1.76. The van der Waals surface area contributed by atoms with Gasteiger partial charge in [-0.25, -0.2) is 10.8 Å². The molecule has 1 aliphatic heterocycles. The van der Waals surface area contributed by atoms with Gasteiger partial charge in [0.05, 0.1) is 10.6 Å². The molecule has 0 fully saturated rings. The number of hydrogen-bond acceptors (Lipinski definition) is 6. The number of benzene rings is 1. The summed E-state index contributed by atoms with van der Waals surface area (Å²) >= 11 is 1.42. The molecule has 28 heavy (non-hydrogen) atoms. The number of hydrogen-bond donors (Lipinski definition) is 2. The van der Waals surface area contributed by atoms with Crippen LogP contribution in [-0.2, 0) is 6.42 Å². The summed E-state index contributed by atoms with van der Waals surface area (Å²) in [6.07, 6.45) is 1.46. The van der Waals surface area contributed by atoms with Crippen LogP contribution in [0.25, 0.3) is 10.4 Å². The molecule has 2 aromatic heterocycles. The minimum Gasteiger partial charge on any atom is -0.306 e. The van der Waals surface area contributed by atoms with Crippen LogP contribution in [0.3, 0.4) is 0 Å². The van der Waals surface area contributed by atoms with Gasteiger partial charge in [0.2, 0.25) is 0 Å². The highest BCUT2D eigenvalue weighted by molar-refractivity contribution is 7.17. The molecule has 0 aliphatic carbocycles. The third-order valence-electron chi connectivity index (χ3n) is 4.57. The lowest BCUT2D eigenvalue weighted by molar-refractivity contribution is 0.0947. The first-order valence-corrected chi connectivity index (χ1v) is 9.41. The zero-order chi connectivity index (χ0) is 19.7. The van der Waals surface area contributed by atoms with Crippen LogP contribution in [0.2, 0.25) is 0 Å². The Morgan fingerprint density at radius 3 is 2.71 bits per heavy atom. The van der Waals surface area contributed by atoms with E-state index in [2.05, 4.69) is 4.98 Å². The first-order valence-electron chi connectivity index (χ1n) is 8.59. The minimum atomic E-state index is -0.561. The van der Waals surface area contributed by atoms with Crippen molar-refractivity contribution in [2.45, 2.75) is 6.42 Å². The first-order chi connectivity index (χ1) is 13.6. The van der Waals surface area contributed by atoms with E-state index < -0.39 is 5.91 Å². The highest BCUT2D eigenvalue weighted by Crippen LogP contribution is 2.41. The topological polar surface area (TPSA) is 105 Å². The van der Waals surface area contributed by atoms with E-state index in [1.807, 2.05) is 35.8 Å². The molecule has 8 heteroatoms. The van der Waals surface area contributed by atoms with Crippen molar-refractivity contribution in [3.63, 3.8) is 0 Å². The SMILES string of the molecule is NNC(=O)c1cccc(C(=O)N2CCc3cc(C=O)sc3-c3ccccc32)n1. The molecule has 1 aliphatic rings. The van der Waals surface area contributed by atoms with Crippen molar-refractivity contribution in [3.05, 3.63) is 70.4 Å². The number of aromatic nitrogens is 1. The largest absolute Gasteiger partial charge is 0.306 e. The highest BCUT2D eigenvalue weighted by atomic mass is 32.1. The lowest BCUT2D eigenvalue weighted by Gasteiger charge is -2.22. The van der Waals surface area contributed by atoms with Crippen LogP contribution in [0, 0.1) is 0 Å². The summed E-state index contributed by atoms with van der Waals surface area (Å²) in [7, 11) is 0. The Hall–Kier alpha value is -3.36. The maximum Gasteiger partial charge on any atom is 0.283 e. The summed E-state index contributed by atoms with van der Waals surface area (Å²) in [5, 5.41) is 0. The number of aldehydes is 1. The van der Waals surface area contributed by atoms with E-state index in [1.54, 1.807) is 17.0 Å². The first kappa shape index (κ1) is 18.0. The van der Waals surface area contributed by atoms with Crippen LogP contribution in [-0.4, -0.2) is 29.6 Å². The zero-order valence-electron chi connectivity index (χ0n) is 14.7. The Morgan fingerprint density at radius 2 is 1.93 bits per heavy atom. The number of fused-ring (bicyclic) bond motifs is 3. The number of nitrogens with two attached hydrogens (primary N) is 1. The maximum atomic E-state index is 13.2. The molecule has 1 aromatic carbocycles. The van der Waals surface area contributed by atoms with E-state index in [9.17, 15) is 14.4 Å². The summed E-state index contributed by atoms with van der Waals surface area (Å²) in [5.74, 6) is 4.30. The van der Waals surface area contributed by atoms with Crippen molar-refractivity contribution in [3.8, 4) is 10.4 Å². The van der Waals surface area contributed by atoms with Gasteiger partial charge < -0.3 is 4.90 Å². The van der Waals surface area contributed by atoms with Crippen molar-refractivity contribution in [2.24, 2.45) is 5.84 Å². The number of anilines is 1. The molecular weight excluding hydrogens is 376 g/mol. The predicted molar refractivity (Wildman–Crippen MR) is 106 cm³/mol. The molecule has 3 aromatic rings. The van der Waals surface area contributed by atoms with Crippen molar-refractivity contribution < 1.29 is 14.4 Å². The molecule has 0 atom stereocenters. The summed E-state index contributed by atoms with van der Waals surface area (Å²) in [6.45, 7) is 0.437. The smallest absolute Gasteiger partial charge is 0.283 e. The van der Waals surface area contributed by atoms with E-state index in [0.717, 1.165) is 28.0 Å². The van der Waals surface area contributed by atoms with E-state index in [0.29, 0.717) is 17.8 Å². The molecule has 0 saturated heterocycles. The molecule has 2 amide bonds. The molecular formula is C20H16N4O3S. The standard InChI is InChI=1S/C20H16N4O3S/c21-23-19(26)15-5-3-6-16(22-15)20(27)24-9-8-12-10-13(11-25)28-18(12)14-4-1-2-7-17(14)24/h1-7,10-11H,8-9,21H2,(H,23,26). The van der Waals surface area contributed by atoms with E-state index in [-0.39, 0.29) is 17.3 Å². The van der Waals surface area contributed by atoms with Gasteiger partial charge in [0.15, 0.2) is 6.29 Å². The van der Waals surface area contributed by atoms with Crippen LogP contribution >= 0.6 is 11.3 Å². The fourth-order valence-corrected chi connectivity index (χ4v) is 4.34. The lowest BCUT2D eigenvalue weighted by atomic mass is 10.1. The van der Waals surface area contributed by atoms with Gasteiger partial charge in [-0.15, -0.1) is 11.3 Å². The summed E-state index contributed by atoms with van der Waals surface area (Å²) < 4.78 is 0. The fourth-order valence-electron chi connectivity index (χ4n) is 3.28. The Kier molecular flexibility index (Phi) is 4.72. The van der Waals surface area contributed by atoms with Crippen molar-refractivity contribution in [1.29, 1.82) is 0 Å². The number of carbonyl (C=O) groups is 3. The van der Waals surface area contributed by atoms with E-state index in [1.165, 1.54) is 17.4 Å². The Morgan fingerprint density at radius 1 is 1.14 bits per heavy atom.